The van der Waals surface area contributed by atoms with E-state index in [-0.39, 0.29) is 5.91 Å². The minimum atomic E-state index is 0.0186. The Bertz CT molecular complexity index is 835. The second-order valence-electron chi connectivity index (χ2n) is 6.78. The highest BCUT2D eigenvalue weighted by molar-refractivity contribution is 7.98. The number of hydrogen-bond acceptors (Lipinski definition) is 4. The van der Waals surface area contributed by atoms with E-state index in [1.54, 1.807) is 30.1 Å². The van der Waals surface area contributed by atoms with Crippen molar-refractivity contribution < 1.29 is 4.79 Å². The van der Waals surface area contributed by atoms with Gasteiger partial charge >= 0.3 is 0 Å². The molecule has 0 aliphatic carbocycles. The number of piperidine rings is 1. The van der Waals surface area contributed by atoms with Crippen LogP contribution in [0.4, 0.5) is 0 Å². The number of nitrogens with zero attached hydrogens (tertiary/aromatic N) is 2. The van der Waals surface area contributed by atoms with Crippen molar-refractivity contribution in [2.24, 2.45) is 11.7 Å². The highest BCUT2D eigenvalue weighted by Gasteiger charge is 2.25. The lowest BCUT2D eigenvalue weighted by atomic mass is 9.86. The van der Waals surface area contributed by atoms with Crippen molar-refractivity contribution in [2.75, 3.05) is 19.3 Å². The molecule has 2 aromatic rings. The number of nitrogens with two attached hydrogens (primary N) is 1. The lowest BCUT2D eigenvalue weighted by Crippen LogP contribution is -2.38. The topological polar surface area (TPSA) is 59.2 Å². The van der Waals surface area contributed by atoms with Crippen LogP contribution < -0.4 is 5.73 Å². The number of benzene rings is 1. The molecule has 0 unspecified atom stereocenters. The van der Waals surface area contributed by atoms with Crippen molar-refractivity contribution in [1.82, 2.24) is 9.88 Å². The highest BCUT2D eigenvalue weighted by atomic mass is 32.2. The molecular weight excluding hydrogens is 354 g/mol. The maximum atomic E-state index is 12.7. The monoisotopic (exact) mass is 379 g/mol. The number of aromatic nitrogens is 1. The van der Waals surface area contributed by atoms with Gasteiger partial charge in [-0.1, -0.05) is 25.3 Å². The molecule has 0 saturated carbocycles. The highest BCUT2D eigenvalue weighted by Crippen LogP contribution is 2.31. The molecular formula is C22H25N3OS. The maximum Gasteiger partial charge on any atom is 0.255 e. The molecule has 0 atom stereocenters. The van der Waals surface area contributed by atoms with E-state index in [0.29, 0.717) is 22.9 Å². The van der Waals surface area contributed by atoms with Gasteiger partial charge in [0.25, 0.3) is 5.91 Å². The first kappa shape index (κ1) is 19.2. The van der Waals surface area contributed by atoms with Crippen molar-refractivity contribution in [3.63, 3.8) is 0 Å². The van der Waals surface area contributed by atoms with Crippen LogP contribution in [-0.2, 0) is 0 Å². The van der Waals surface area contributed by atoms with Gasteiger partial charge in [-0.15, -0.1) is 11.8 Å². The van der Waals surface area contributed by atoms with Crippen LogP contribution in [0.3, 0.4) is 0 Å². The second-order valence-corrected chi connectivity index (χ2v) is 7.66. The summed E-state index contributed by atoms with van der Waals surface area (Å²) in [5, 5.41) is 0. The SMILES string of the molecule is C=C(N)c1ccc(C(=O)N2CCC(C(=C)c3ccc(SC)cc3)CC2)cn1. The third-order valence-electron chi connectivity index (χ3n) is 5.08. The van der Waals surface area contributed by atoms with E-state index in [2.05, 4.69) is 48.7 Å². The van der Waals surface area contributed by atoms with Gasteiger partial charge in [0, 0.05) is 24.2 Å². The zero-order valence-electron chi connectivity index (χ0n) is 15.6. The Morgan fingerprint density at radius 2 is 1.74 bits per heavy atom. The maximum absolute atomic E-state index is 12.7. The molecule has 1 aromatic heterocycles. The number of hydrogen-bond donors (Lipinski definition) is 1. The lowest BCUT2D eigenvalue weighted by molar-refractivity contribution is 0.0707. The van der Waals surface area contributed by atoms with Crippen LogP contribution in [0.1, 0.15) is 34.5 Å². The molecule has 4 nitrogen and oxygen atoms in total. The minimum Gasteiger partial charge on any atom is -0.397 e. The van der Waals surface area contributed by atoms with Crippen molar-refractivity contribution in [1.29, 1.82) is 0 Å². The van der Waals surface area contributed by atoms with Crippen molar-refractivity contribution in [2.45, 2.75) is 17.7 Å². The fourth-order valence-electron chi connectivity index (χ4n) is 3.36. The molecule has 2 N–H and O–H groups in total. The average molecular weight is 380 g/mol. The van der Waals surface area contributed by atoms with Gasteiger partial charge in [0.15, 0.2) is 0 Å². The van der Waals surface area contributed by atoms with Crippen LogP contribution in [0.5, 0.6) is 0 Å². The van der Waals surface area contributed by atoms with Gasteiger partial charge in [-0.3, -0.25) is 9.78 Å². The molecule has 0 radical (unpaired) electrons. The number of carbonyl (C=O) groups excluding carboxylic acids is 1. The van der Waals surface area contributed by atoms with Gasteiger partial charge in [-0.25, -0.2) is 0 Å². The molecule has 1 aromatic carbocycles. The van der Waals surface area contributed by atoms with Crippen LogP contribution in [0.2, 0.25) is 0 Å². The van der Waals surface area contributed by atoms with Gasteiger partial charge in [-0.05, 0) is 60.4 Å². The number of amides is 1. The predicted octanol–water partition coefficient (Wildman–Crippen LogP) is 4.30. The average Bonchev–Trinajstić information content (AvgIpc) is 2.73. The van der Waals surface area contributed by atoms with Gasteiger partial charge in [0.1, 0.15) is 0 Å². The first-order valence-corrected chi connectivity index (χ1v) is 10.3. The molecule has 1 fully saturated rings. The quantitative estimate of drug-likeness (QED) is 0.787. The van der Waals surface area contributed by atoms with E-state index in [0.717, 1.165) is 25.9 Å². The summed E-state index contributed by atoms with van der Waals surface area (Å²) in [7, 11) is 0. The summed E-state index contributed by atoms with van der Waals surface area (Å²) < 4.78 is 0. The zero-order valence-corrected chi connectivity index (χ0v) is 16.5. The van der Waals surface area contributed by atoms with Crippen molar-refractivity contribution in [3.05, 3.63) is 72.6 Å². The summed E-state index contributed by atoms with van der Waals surface area (Å²) in [6.45, 7) is 9.44. The van der Waals surface area contributed by atoms with Crippen LogP contribution in [0, 0.1) is 5.92 Å². The number of carbonyl (C=O) groups is 1. The normalized spacial score (nSPS) is 14.8. The molecule has 1 aliphatic heterocycles. The summed E-state index contributed by atoms with van der Waals surface area (Å²) in [6, 6.07) is 12.1. The molecule has 27 heavy (non-hydrogen) atoms. The molecule has 2 heterocycles. The molecule has 5 heteroatoms. The Hall–Kier alpha value is -2.53. The number of likely N-dealkylation sites (tertiary alicyclic amines) is 1. The Morgan fingerprint density at radius 3 is 2.26 bits per heavy atom. The molecule has 1 saturated heterocycles. The van der Waals surface area contributed by atoms with Gasteiger partial charge in [0.05, 0.1) is 17.0 Å². The fourth-order valence-corrected chi connectivity index (χ4v) is 3.77. The smallest absolute Gasteiger partial charge is 0.255 e. The summed E-state index contributed by atoms with van der Waals surface area (Å²) in [4.78, 5) is 20.1. The van der Waals surface area contributed by atoms with Crippen LogP contribution in [0.25, 0.3) is 11.3 Å². The Balaban J connectivity index is 1.59. The van der Waals surface area contributed by atoms with Crippen molar-refractivity contribution in [3.8, 4) is 0 Å². The first-order chi connectivity index (χ1) is 13.0. The third-order valence-corrected chi connectivity index (χ3v) is 5.82. The van der Waals surface area contributed by atoms with Crippen LogP contribution >= 0.6 is 11.8 Å². The van der Waals surface area contributed by atoms with E-state index in [9.17, 15) is 4.79 Å². The molecule has 1 aliphatic rings. The van der Waals surface area contributed by atoms with Crippen LogP contribution in [-0.4, -0.2) is 35.1 Å². The fraction of sp³-hybridized carbons (Fsp3) is 0.273. The Kier molecular flexibility index (Phi) is 6.01. The zero-order chi connectivity index (χ0) is 19.4. The summed E-state index contributed by atoms with van der Waals surface area (Å²) >= 11 is 1.74. The summed E-state index contributed by atoms with van der Waals surface area (Å²) in [5.41, 5.74) is 9.59. The molecule has 0 bridgehead atoms. The van der Waals surface area contributed by atoms with E-state index in [4.69, 9.17) is 5.73 Å². The summed E-state index contributed by atoms with van der Waals surface area (Å²) in [5.74, 6) is 0.431. The van der Waals surface area contributed by atoms with Gasteiger partial charge in [0.2, 0.25) is 0 Å². The van der Waals surface area contributed by atoms with Gasteiger partial charge in [-0.2, -0.15) is 0 Å². The Labute approximate surface area is 165 Å². The predicted molar refractivity (Wildman–Crippen MR) is 113 cm³/mol. The molecule has 1 amide bonds. The largest absolute Gasteiger partial charge is 0.397 e. The van der Waals surface area contributed by atoms with E-state index >= 15 is 0 Å². The van der Waals surface area contributed by atoms with E-state index in [1.807, 2.05) is 4.90 Å². The van der Waals surface area contributed by atoms with Crippen molar-refractivity contribution >= 4 is 28.9 Å². The number of pyridine rings is 1. The lowest BCUT2D eigenvalue weighted by Gasteiger charge is -2.33. The van der Waals surface area contributed by atoms with Crippen LogP contribution in [0.15, 0.2) is 60.6 Å². The van der Waals surface area contributed by atoms with E-state index < -0.39 is 0 Å². The van der Waals surface area contributed by atoms with Gasteiger partial charge < -0.3 is 10.6 Å². The summed E-state index contributed by atoms with van der Waals surface area (Å²) in [6.07, 6.45) is 5.51. The third kappa shape index (κ3) is 4.42. The Morgan fingerprint density at radius 1 is 1.11 bits per heavy atom. The number of rotatable bonds is 5. The number of thioether (sulfide) groups is 1. The minimum absolute atomic E-state index is 0.0186. The molecule has 0 spiro atoms. The number of allylic oxidation sites excluding steroid dienone is 1. The molecule has 3 rings (SSSR count). The first-order valence-electron chi connectivity index (χ1n) is 9.03. The second kappa shape index (κ2) is 8.44. The molecule has 140 valence electrons. The van der Waals surface area contributed by atoms with E-state index in [1.165, 1.54) is 16.0 Å². The standard InChI is InChI=1S/C22H25N3OS/c1-15(17-4-7-20(27-3)8-5-17)18-10-12-25(13-11-18)22(26)19-6-9-21(16(2)23)24-14-19/h4-9,14,18H,1-2,10-13,23H2,3H3.